The minimum absolute atomic E-state index is 0.0380. The van der Waals surface area contributed by atoms with Gasteiger partial charge in [0.1, 0.15) is 0 Å². The summed E-state index contributed by atoms with van der Waals surface area (Å²) >= 11 is 0. The number of nitrogens with zero attached hydrogens (tertiary/aromatic N) is 1. The van der Waals surface area contributed by atoms with Crippen LogP contribution in [0.1, 0.15) is 110 Å². The van der Waals surface area contributed by atoms with Gasteiger partial charge in [0.2, 0.25) is 0 Å². The molecule has 0 aromatic heterocycles. The molecule has 0 amide bonds. The number of ether oxygens (including phenoxy) is 2. The molecule has 1 atom stereocenters. The molecule has 0 aliphatic heterocycles. The molecule has 32 heavy (non-hydrogen) atoms. The summed E-state index contributed by atoms with van der Waals surface area (Å²) in [5.41, 5.74) is 0. The summed E-state index contributed by atoms with van der Waals surface area (Å²) in [5.74, 6) is 0.204. The van der Waals surface area contributed by atoms with Crippen LogP contribution < -0.4 is 0 Å². The van der Waals surface area contributed by atoms with E-state index in [1.165, 1.54) is 96.3 Å². The monoisotopic (exact) mass is 477 g/mol. The van der Waals surface area contributed by atoms with Crippen molar-refractivity contribution >= 4 is 9.84 Å². The quantitative estimate of drug-likeness (QED) is 0.145. The molecule has 1 unspecified atom stereocenters. The number of hydrogen-bond donors (Lipinski definition) is 0. The Kier molecular flexibility index (Phi) is 22.5. The lowest BCUT2D eigenvalue weighted by Gasteiger charge is -2.17. The van der Waals surface area contributed by atoms with Crippen LogP contribution in [0.25, 0.3) is 0 Å². The topological polar surface area (TPSA) is 55.8 Å². The molecule has 0 aliphatic carbocycles. The van der Waals surface area contributed by atoms with Crippen molar-refractivity contribution in [2.45, 2.75) is 116 Å². The fraction of sp³-hybridized carbons (Fsp3) is 1.00. The van der Waals surface area contributed by atoms with Gasteiger partial charge in [0.05, 0.1) is 24.2 Å². The van der Waals surface area contributed by atoms with Gasteiger partial charge in [-0.3, -0.25) is 0 Å². The molecular formula is C26H55NO4S. The molecule has 0 aromatic carbocycles. The second-order valence-corrected chi connectivity index (χ2v) is 11.9. The van der Waals surface area contributed by atoms with Crippen molar-refractivity contribution in [3.8, 4) is 0 Å². The fourth-order valence-electron chi connectivity index (χ4n) is 3.84. The Balaban J connectivity index is 3.42. The van der Waals surface area contributed by atoms with Crippen LogP contribution in [0.3, 0.4) is 0 Å². The molecule has 0 bridgehead atoms. The van der Waals surface area contributed by atoms with E-state index in [4.69, 9.17) is 9.47 Å². The summed E-state index contributed by atoms with van der Waals surface area (Å²) < 4.78 is 35.3. The minimum Gasteiger partial charge on any atom is -0.379 e. The van der Waals surface area contributed by atoms with Crippen molar-refractivity contribution in [1.82, 2.24) is 4.90 Å². The number of sulfone groups is 1. The highest BCUT2D eigenvalue weighted by molar-refractivity contribution is 7.91. The molecule has 194 valence electrons. The van der Waals surface area contributed by atoms with E-state index in [1.807, 2.05) is 19.0 Å². The predicted molar refractivity (Wildman–Crippen MR) is 138 cm³/mol. The molecule has 0 fully saturated rings. The Morgan fingerprint density at radius 1 is 0.719 bits per heavy atom. The highest BCUT2D eigenvalue weighted by Crippen LogP contribution is 2.13. The van der Waals surface area contributed by atoms with Crippen LogP contribution in [0, 0.1) is 0 Å². The SMILES string of the molecule is CCCCCCCCCCCCCCCCCCOCC(CS(=O)(=O)CCN(C)C)OC. The number of rotatable bonds is 25. The first-order valence-electron chi connectivity index (χ1n) is 13.4. The maximum atomic E-state index is 12.1. The highest BCUT2D eigenvalue weighted by atomic mass is 32.2. The third-order valence-corrected chi connectivity index (χ3v) is 7.75. The average molecular weight is 478 g/mol. The van der Waals surface area contributed by atoms with E-state index in [-0.39, 0.29) is 17.6 Å². The third kappa shape index (κ3) is 23.0. The molecule has 0 N–H and O–H groups in total. The van der Waals surface area contributed by atoms with E-state index >= 15 is 0 Å². The summed E-state index contributed by atoms with van der Waals surface area (Å²) in [7, 11) is 2.21. The Bertz CT molecular complexity index is 482. The molecule has 0 saturated heterocycles. The summed E-state index contributed by atoms with van der Waals surface area (Å²) in [5, 5.41) is 0. The minimum atomic E-state index is -3.11. The maximum absolute atomic E-state index is 12.1. The van der Waals surface area contributed by atoms with Crippen LogP contribution in [-0.2, 0) is 19.3 Å². The summed E-state index contributed by atoms with van der Waals surface area (Å²) in [6, 6.07) is 0. The largest absolute Gasteiger partial charge is 0.379 e. The zero-order chi connectivity index (χ0) is 23.9. The van der Waals surface area contributed by atoms with Crippen LogP contribution in [-0.4, -0.2) is 71.9 Å². The van der Waals surface area contributed by atoms with Crippen LogP contribution >= 0.6 is 0 Å². The molecule has 6 heteroatoms. The van der Waals surface area contributed by atoms with Gasteiger partial charge in [0.25, 0.3) is 0 Å². The lowest BCUT2D eigenvalue weighted by atomic mass is 10.0. The molecule has 0 radical (unpaired) electrons. The van der Waals surface area contributed by atoms with Gasteiger partial charge in [0, 0.05) is 20.3 Å². The lowest BCUT2D eigenvalue weighted by molar-refractivity contribution is 0.0190. The van der Waals surface area contributed by atoms with Gasteiger partial charge < -0.3 is 14.4 Å². The molecule has 0 aromatic rings. The molecule has 0 saturated carbocycles. The molecule has 0 spiro atoms. The standard InChI is InChI=1S/C26H55NO4S/c1-5-6-7-8-9-10-11-12-13-14-15-16-17-18-19-20-22-31-24-26(30-4)25-32(28,29)23-21-27(2)3/h26H,5-25H2,1-4H3. The van der Waals surface area contributed by atoms with Gasteiger partial charge in [-0.15, -0.1) is 0 Å². The van der Waals surface area contributed by atoms with E-state index < -0.39 is 9.84 Å². The van der Waals surface area contributed by atoms with E-state index in [9.17, 15) is 8.42 Å². The summed E-state index contributed by atoms with van der Waals surface area (Å²) in [6.07, 6.45) is 21.3. The maximum Gasteiger partial charge on any atom is 0.154 e. The van der Waals surface area contributed by atoms with E-state index in [0.29, 0.717) is 19.8 Å². The number of unbranched alkanes of at least 4 members (excludes halogenated alkanes) is 15. The Morgan fingerprint density at radius 2 is 1.16 bits per heavy atom. The van der Waals surface area contributed by atoms with Crippen LogP contribution in [0.15, 0.2) is 0 Å². The van der Waals surface area contributed by atoms with Gasteiger partial charge in [-0.25, -0.2) is 8.42 Å². The normalized spacial score (nSPS) is 13.2. The van der Waals surface area contributed by atoms with Crippen LogP contribution in [0.2, 0.25) is 0 Å². The van der Waals surface area contributed by atoms with Crippen LogP contribution in [0.5, 0.6) is 0 Å². The van der Waals surface area contributed by atoms with Crippen molar-refractivity contribution in [3.63, 3.8) is 0 Å². The number of methoxy groups -OCH3 is 1. The molecule has 0 rings (SSSR count). The van der Waals surface area contributed by atoms with Crippen molar-refractivity contribution in [2.75, 3.05) is 52.5 Å². The smallest absolute Gasteiger partial charge is 0.154 e. The van der Waals surface area contributed by atoms with E-state index in [2.05, 4.69) is 6.92 Å². The van der Waals surface area contributed by atoms with Crippen molar-refractivity contribution in [3.05, 3.63) is 0 Å². The Morgan fingerprint density at radius 3 is 1.56 bits per heavy atom. The van der Waals surface area contributed by atoms with Gasteiger partial charge in [0.15, 0.2) is 9.84 Å². The lowest BCUT2D eigenvalue weighted by Crippen LogP contribution is -2.32. The Hall–Kier alpha value is -0.170. The van der Waals surface area contributed by atoms with Gasteiger partial charge in [-0.05, 0) is 20.5 Å². The zero-order valence-electron chi connectivity index (χ0n) is 21.9. The second kappa shape index (κ2) is 22.6. The molecule has 0 heterocycles. The first kappa shape index (κ1) is 31.8. The number of hydrogen-bond acceptors (Lipinski definition) is 5. The summed E-state index contributed by atoms with van der Waals surface area (Å²) in [6.45, 7) is 3.87. The second-order valence-electron chi connectivity index (χ2n) is 9.65. The molecule has 5 nitrogen and oxygen atoms in total. The van der Waals surface area contributed by atoms with Gasteiger partial charge in [-0.2, -0.15) is 0 Å². The molecular weight excluding hydrogens is 422 g/mol. The van der Waals surface area contributed by atoms with Crippen molar-refractivity contribution < 1.29 is 17.9 Å². The fourth-order valence-corrected chi connectivity index (χ4v) is 5.45. The van der Waals surface area contributed by atoms with Crippen LogP contribution in [0.4, 0.5) is 0 Å². The Labute approximate surface area is 200 Å². The average Bonchev–Trinajstić information content (AvgIpc) is 2.76. The van der Waals surface area contributed by atoms with Crippen molar-refractivity contribution in [1.29, 1.82) is 0 Å². The third-order valence-electron chi connectivity index (χ3n) is 6.07. The van der Waals surface area contributed by atoms with E-state index in [1.54, 1.807) is 7.11 Å². The highest BCUT2D eigenvalue weighted by Gasteiger charge is 2.19. The van der Waals surface area contributed by atoms with Gasteiger partial charge >= 0.3 is 0 Å². The predicted octanol–water partition coefficient (Wildman–Crippen LogP) is 6.26. The van der Waals surface area contributed by atoms with E-state index in [0.717, 1.165) is 6.42 Å². The summed E-state index contributed by atoms with van der Waals surface area (Å²) in [4.78, 5) is 1.88. The molecule has 0 aliphatic rings. The van der Waals surface area contributed by atoms with Gasteiger partial charge in [-0.1, -0.05) is 103 Å². The first-order valence-corrected chi connectivity index (χ1v) is 15.2. The first-order chi connectivity index (χ1) is 15.4. The zero-order valence-corrected chi connectivity index (χ0v) is 22.7. The van der Waals surface area contributed by atoms with Crippen molar-refractivity contribution in [2.24, 2.45) is 0 Å².